The van der Waals surface area contributed by atoms with Gasteiger partial charge in [-0.1, -0.05) is 0 Å². The molecule has 2 aromatic heterocycles. The Bertz CT molecular complexity index is 657. The second kappa shape index (κ2) is 10.4. The Morgan fingerprint density at radius 3 is 2.96 bits per heavy atom. The number of rotatable bonds is 5. The molecule has 25 heavy (non-hydrogen) atoms. The maximum Gasteiger partial charge on any atom is 0.357 e. The van der Waals surface area contributed by atoms with E-state index in [0.29, 0.717) is 12.3 Å². The number of aromatic nitrogens is 2. The fraction of sp³-hybridized carbons (Fsp3) is 0.438. The van der Waals surface area contributed by atoms with Crippen LogP contribution in [0.15, 0.2) is 29.9 Å². The normalized spacial score (nSPS) is 16.4. The van der Waals surface area contributed by atoms with Crippen molar-refractivity contribution in [1.82, 2.24) is 9.97 Å². The third-order valence-corrected chi connectivity index (χ3v) is 4.71. The lowest BCUT2D eigenvalue weighted by atomic mass is 10.0. The molecular weight excluding hydrogens is 385 g/mol. The van der Waals surface area contributed by atoms with Crippen LogP contribution in [0.25, 0.3) is 0 Å². The van der Waals surface area contributed by atoms with E-state index in [9.17, 15) is 4.79 Å². The van der Waals surface area contributed by atoms with Crippen LogP contribution in [0.3, 0.4) is 0 Å². The number of nitrogens with zero attached hydrogens (tertiary/aromatic N) is 3. The standard InChI is InChI=1S/C16H19N3O3S.2ClH/c1-21-15(20)14-11-23-16(18-14)19-8-3-2-5-12(19)10-22-13-6-4-7-17-9-13;;/h4,6-7,9,11-12H,2-3,5,8,10H2,1H3;2*1H. The van der Waals surface area contributed by atoms with E-state index in [2.05, 4.69) is 14.9 Å². The summed E-state index contributed by atoms with van der Waals surface area (Å²) in [5, 5.41) is 2.60. The summed E-state index contributed by atoms with van der Waals surface area (Å²) in [5.74, 6) is 0.375. The number of ether oxygens (including phenoxy) is 2. The van der Waals surface area contributed by atoms with Gasteiger partial charge in [-0.2, -0.15) is 0 Å². The van der Waals surface area contributed by atoms with Crippen molar-refractivity contribution in [2.45, 2.75) is 25.3 Å². The molecule has 0 spiro atoms. The van der Waals surface area contributed by atoms with Gasteiger partial charge in [0.25, 0.3) is 0 Å². The van der Waals surface area contributed by atoms with E-state index >= 15 is 0 Å². The number of hydrogen-bond donors (Lipinski definition) is 0. The summed E-state index contributed by atoms with van der Waals surface area (Å²) in [6, 6.07) is 4.01. The van der Waals surface area contributed by atoms with E-state index < -0.39 is 5.97 Å². The SMILES string of the molecule is COC(=O)c1csc(N2CCCCC2COc2cccnc2)n1.Cl.Cl. The molecule has 1 unspecified atom stereocenters. The predicted molar refractivity (Wildman–Crippen MR) is 103 cm³/mol. The highest BCUT2D eigenvalue weighted by molar-refractivity contribution is 7.13. The van der Waals surface area contributed by atoms with Crippen LogP contribution in [0.4, 0.5) is 5.13 Å². The van der Waals surface area contributed by atoms with Gasteiger partial charge in [0.2, 0.25) is 0 Å². The average molecular weight is 406 g/mol. The van der Waals surface area contributed by atoms with Crippen LogP contribution in [-0.4, -0.2) is 42.2 Å². The number of halogens is 2. The van der Waals surface area contributed by atoms with Crippen LogP contribution < -0.4 is 9.64 Å². The molecule has 1 atom stereocenters. The van der Waals surface area contributed by atoms with Gasteiger partial charge >= 0.3 is 5.97 Å². The zero-order valence-electron chi connectivity index (χ0n) is 13.8. The summed E-state index contributed by atoms with van der Waals surface area (Å²) in [5.41, 5.74) is 0.366. The van der Waals surface area contributed by atoms with Gasteiger partial charge in [-0.15, -0.1) is 36.2 Å². The van der Waals surface area contributed by atoms with E-state index in [4.69, 9.17) is 9.47 Å². The molecule has 138 valence electrons. The number of methoxy groups -OCH3 is 1. The van der Waals surface area contributed by atoms with E-state index in [1.807, 2.05) is 12.1 Å². The molecule has 9 heteroatoms. The molecule has 0 aromatic carbocycles. The third kappa shape index (κ3) is 5.45. The fourth-order valence-electron chi connectivity index (χ4n) is 2.65. The minimum Gasteiger partial charge on any atom is -0.490 e. The quantitative estimate of drug-likeness (QED) is 0.707. The molecule has 0 saturated carbocycles. The molecule has 0 aliphatic carbocycles. The Kier molecular flexibility index (Phi) is 8.96. The van der Waals surface area contributed by atoms with Crippen molar-refractivity contribution in [1.29, 1.82) is 0 Å². The van der Waals surface area contributed by atoms with Crippen molar-refractivity contribution in [3.63, 3.8) is 0 Å². The first kappa shape index (κ1) is 21.5. The van der Waals surface area contributed by atoms with E-state index in [-0.39, 0.29) is 30.9 Å². The number of thiazole rings is 1. The topological polar surface area (TPSA) is 64.5 Å². The smallest absolute Gasteiger partial charge is 0.357 e. The van der Waals surface area contributed by atoms with Gasteiger partial charge in [0.1, 0.15) is 12.4 Å². The van der Waals surface area contributed by atoms with E-state index in [1.165, 1.54) is 24.9 Å². The summed E-state index contributed by atoms with van der Waals surface area (Å²) in [7, 11) is 1.37. The first-order valence-electron chi connectivity index (χ1n) is 7.61. The zero-order chi connectivity index (χ0) is 16.1. The Morgan fingerprint density at radius 1 is 1.40 bits per heavy atom. The van der Waals surface area contributed by atoms with Crippen molar-refractivity contribution in [2.75, 3.05) is 25.2 Å². The molecule has 0 amide bonds. The van der Waals surface area contributed by atoms with Crippen molar-refractivity contribution < 1.29 is 14.3 Å². The Morgan fingerprint density at radius 2 is 2.24 bits per heavy atom. The Balaban J connectivity index is 0.00000156. The van der Waals surface area contributed by atoms with Gasteiger partial charge in [0.15, 0.2) is 10.8 Å². The fourth-order valence-corrected chi connectivity index (χ4v) is 3.54. The highest BCUT2D eigenvalue weighted by atomic mass is 35.5. The maximum absolute atomic E-state index is 11.6. The van der Waals surface area contributed by atoms with Crippen molar-refractivity contribution >= 4 is 47.3 Å². The lowest BCUT2D eigenvalue weighted by Crippen LogP contribution is -2.43. The molecule has 1 fully saturated rings. The molecule has 1 aliphatic rings. The van der Waals surface area contributed by atoms with Crippen LogP contribution >= 0.6 is 36.2 Å². The van der Waals surface area contributed by atoms with Crippen molar-refractivity contribution in [2.24, 2.45) is 0 Å². The first-order chi connectivity index (χ1) is 11.3. The molecule has 3 heterocycles. The minimum absolute atomic E-state index is 0. The largest absolute Gasteiger partial charge is 0.490 e. The van der Waals surface area contributed by atoms with Crippen LogP contribution in [0, 0.1) is 0 Å². The number of pyridine rings is 1. The minimum atomic E-state index is -0.396. The van der Waals surface area contributed by atoms with E-state index in [0.717, 1.165) is 30.3 Å². The van der Waals surface area contributed by atoms with Crippen LogP contribution in [0.5, 0.6) is 5.75 Å². The second-order valence-electron chi connectivity index (χ2n) is 5.35. The summed E-state index contributed by atoms with van der Waals surface area (Å²) in [6.45, 7) is 1.51. The molecule has 3 rings (SSSR count). The van der Waals surface area contributed by atoms with Crippen LogP contribution in [-0.2, 0) is 4.74 Å². The Hall–Kier alpha value is -1.57. The summed E-state index contributed by atoms with van der Waals surface area (Å²) in [4.78, 5) is 22.3. The number of piperidine rings is 1. The summed E-state index contributed by atoms with van der Waals surface area (Å²) < 4.78 is 10.6. The molecule has 1 aliphatic heterocycles. The van der Waals surface area contributed by atoms with Crippen molar-refractivity contribution in [3.05, 3.63) is 35.6 Å². The summed E-state index contributed by atoms with van der Waals surface area (Å²) >= 11 is 1.47. The molecule has 0 radical (unpaired) electrons. The van der Waals surface area contributed by atoms with Crippen LogP contribution in [0.1, 0.15) is 29.8 Å². The van der Waals surface area contributed by atoms with Gasteiger partial charge in [-0.05, 0) is 31.4 Å². The van der Waals surface area contributed by atoms with Gasteiger partial charge in [-0.25, -0.2) is 9.78 Å². The summed E-state index contributed by atoms with van der Waals surface area (Å²) in [6.07, 6.45) is 6.78. The van der Waals surface area contributed by atoms with Gasteiger partial charge in [0.05, 0.1) is 19.3 Å². The highest BCUT2D eigenvalue weighted by Crippen LogP contribution is 2.28. The number of esters is 1. The van der Waals surface area contributed by atoms with Crippen LogP contribution in [0.2, 0.25) is 0 Å². The molecule has 0 N–H and O–H groups in total. The number of anilines is 1. The van der Waals surface area contributed by atoms with Gasteiger partial charge in [0, 0.05) is 18.1 Å². The maximum atomic E-state index is 11.6. The lowest BCUT2D eigenvalue weighted by Gasteiger charge is -2.35. The third-order valence-electron chi connectivity index (χ3n) is 3.84. The molecule has 1 saturated heterocycles. The average Bonchev–Trinajstić information content (AvgIpc) is 3.10. The van der Waals surface area contributed by atoms with Gasteiger partial charge < -0.3 is 14.4 Å². The Labute approximate surface area is 163 Å². The molecule has 6 nitrogen and oxygen atoms in total. The number of hydrogen-bond acceptors (Lipinski definition) is 7. The highest BCUT2D eigenvalue weighted by Gasteiger charge is 2.26. The lowest BCUT2D eigenvalue weighted by molar-refractivity contribution is 0.0595. The second-order valence-corrected chi connectivity index (χ2v) is 6.19. The number of carbonyl (C=O) groups excluding carboxylic acids is 1. The molecule has 2 aromatic rings. The van der Waals surface area contributed by atoms with Gasteiger partial charge in [-0.3, -0.25) is 4.98 Å². The van der Waals surface area contributed by atoms with E-state index in [1.54, 1.807) is 17.8 Å². The monoisotopic (exact) mass is 405 g/mol. The molecular formula is C16H21Cl2N3O3S. The number of carbonyl (C=O) groups is 1. The first-order valence-corrected chi connectivity index (χ1v) is 8.49. The molecule has 0 bridgehead atoms. The zero-order valence-corrected chi connectivity index (χ0v) is 16.2. The predicted octanol–water partition coefficient (Wildman–Crippen LogP) is 3.61. The van der Waals surface area contributed by atoms with Crippen molar-refractivity contribution in [3.8, 4) is 5.75 Å².